The van der Waals surface area contributed by atoms with E-state index < -0.39 is 43.0 Å². The van der Waals surface area contributed by atoms with Crippen molar-refractivity contribution in [2.24, 2.45) is 5.92 Å². The maximum Gasteiger partial charge on any atom is 0.408 e. The average Bonchev–Trinajstić information content (AvgIpc) is 2.56. The lowest BCUT2D eigenvalue weighted by Gasteiger charge is -2.29. The fourth-order valence-electron chi connectivity index (χ4n) is 2.23. The molecule has 29 heavy (non-hydrogen) atoms. The first-order chi connectivity index (χ1) is 13.3. The van der Waals surface area contributed by atoms with E-state index in [-0.39, 0.29) is 25.7 Å². The van der Waals surface area contributed by atoms with Gasteiger partial charge in [-0.2, -0.15) is 0 Å². The zero-order valence-corrected chi connectivity index (χ0v) is 19.5. The highest BCUT2D eigenvalue weighted by atomic mass is 31.2. The summed E-state index contributed by atoms with van der Waals surface area (Å²) in [5, 5.41) is 4.83. The van der Waals surface area contributed by atoms with Gasteiger partial charge in [0.2, 0.25) is 11.7 Å². The minimum Gasteiger partial charge on any atom is -0.464 e. The van der Waals surface area contributed by atoms with Crippen LogP contribution in [0.4, 0.5) is 4.79 Å². The highest BCUT2D eigenvalue weighted by Gasteiger charge is 2.45. The standard InChI is InChI=1S/C18H35N2O8P/c1-9-25-16(22)15(29(24,26-10-2)27-11-3)20-14(21)13(12(4)5)19-17(23)28-18(6,7)8/h12-13,15H,9-11H2,1-8H3,(H,19,23)(H,20,21)/t13-,15?/m0/s1. The Labute approximate surface area is 172 Å². The van der Waals surface area contributed by atoms with E-state index in [0.29, 0.717) is 0 Å². The smallest absolute Gasteiger partial charge is 0.408 e. The predicted molar refractivity (Wildman–Crippen MR) is 107 cm³/mol. The summed E-state index contributed by atoms with van der Waals surface area (Å²) in [4.78, 5) is 37.3. The third-order valence-electron chi connectivity index (χ3n) is 3.34. The van der Waals surface area contributed by atoms with Crippen LogP contribution in [0.3, 0.4) is 0 Å². The highest BCUT2D eigenvalue weighted by molar-refractivity contribution is 7.55. The number of alkyl carbamates (subject to hydrolysis) is 1. The van der Waals surface area contributed by atoms with E-state index in [4.69, 9.17) is 18.5 Å². The molecule has 2 atom stereocenters. The molecule has 0 heterocycles. The number of ether oxygens (including phenoxy) is 2. The number of hydrogen-bond acceptors (Lipinski definition) is 8. The second-order valence-electron chi connectivity index (χ2n) is 7.41. The lowest BCUT2D eigenvalue weighted by atomic mass is 10.0. The van der Waals surface area contributed by atoms with Gasteiger partial charge < -0.3 is 29.2 Å². The molecule has 0 aliphatic rings. The van der Waals surface area contributed by atoms with Crippen molar-refractivity contribution in [2.45, 2.75) is 72.8 Å². The number of carbonyl (C=O) groups is 3. The van der Waals surface area contributed by atoms with Gasteiger partial charge in [0.05, 0.1) is 19.8 Å². The van der Waals surface area contributed by atoms with Gasteiger partial charge in [0.15, 0.2) is 0 Å². The van der Waals surface area contributed by atoms with Gasteiger partial charge in [-0.15, -0.1) is 0 Å². The zero-order valence-electron chi connectivity index (χ0n) is 18.6. The summed E-state index contributed by atoms with van der Waals surface area (Å²) in [6.07, 6.45) is -0.795. The molecule has 11 heteroatoms. The van der Waals surface area contributed by atoms with Gasteiger partial charge in [0, 0.05) is 0 Å². The van der Waals surface area contributed by atoms with E-state index in [1.165, 1.54) is 0 Å². The molecule has 0 radical (unpaired) electrons. The minimum absolute atomic E-state index is 0.00712. The topological polar surface area (TPSA) is 129 Å². The maximum absolute atomic E-state index is 13.1. The number of hydrogen-bond donors (Lipinski definition) is 2. The zero-order chi connectivity index (χ0) is 22.8. The Bertz CT molecular complexity index is 593. The van der Waals surface area contributed by atoms with Crippen LogP contribution < -0.4 is 10.6 Å². The Balaban J connectivity index is 5.65. The molecule has 0 spiro atoms. The molecule has 0 aliphatic heterocycles. The van der Waals surface area contributed by atoms with Gasteiger partial charge in [0.1, 0.15) is 11.6 Å². The van der Waals surface area contributed by atoms with E-state index in [1.807, 2.05) is 0 Å². The van der Waals surface area contributed by atoms with Crippen LogP contribution in [0, 0.1) is 5.92 Å². The lowest BCUT2D eigenvalue weighted by molar-refractivity contribution is -0.145. The molecule has 0 aromatic carbocycles. The third kappa shape index (κ3) is 9.60. The fraction of sp³-hybridized carbons (Fsp3) is 0.833. The molecule has 0 aromatic heterocycles. The second-order valence-corrected chi connectivity index (χ2v) is 9.52. The van der Waals surface area contributed by atoms with Crippen molar-refractivity contribution in [1.82, 2.24) is 10.6 Å². The van der Waals surface area contributed by atoms with Gasteiger partial charge >= 0.3 is 19.7 Å². The first kappa shape index (κ1) is 27.4. The molecule has 0 aromatic rings. The van der Waals surface area contributed by atoms with E-state index in [2.05, 4.69) is 10.6 Å². The van der Waals surface area contributed by atoms with Crippen LogP contribution >= 0.6 is 7.60 Å². The van der Waals surface area contributed by atoms with Gasteiger partial charge in [0.25, 0.3) is 0 Å². The lowest BCUT2D eigenvalue weighted by Crippen LogP contribution is -2.54. The summed E-state index contributed by atoms with van der Waals surface area (Å²) in [5.41, 5.74) is -0.755. The van der Waals surface area contributed by atoms with Gasteiger partial charge in [-0.3, -0.25) is 9.36 Å². The number of esters is 1. The summed E-state index contributed by atoms with van der Waals surface area (Å²) in [5.74, 6) is -3.73. The molecule has 2 N–H and O–H groups in total. The van der Waals surface area contributed by atoms with Crippen LogP contribution in [0.5, 0.6) is 0 Å². The van der Waals surface area contributed by atoms with Crippen LogP contribution in [0.25, 0.3) is 0 Å². The predicted octanol–water partition coefficient (Wildman–Crippen LogP) is 2.81. The first-order valence-corrected chi connectivity index (χ1v) is 11.3. The van der Waals surface area contributed by atoms with Crippen molar-refractivity contribution < 1.29 is 37.5 Å². The van der Waals surface area contributed by atoms with Crippen molar-refractivity contribution in [1.29, 1.82) is 0 Å². The fourth-order valence-corrected chi connectivity index (χ4v) is 3.94. The summed E-state index contributed by atoms with van der Waals surface area (Å²) in [6.45, 7) is 13.2. The normalized spacial score (nSPS) is 14.1. The monoisotopic (exact) mass is 438 g/mol. The first-order valence-electron chi connectivity index (χ1n) is 9.66. The molecule has 10 nitrogen and oxygen atoms in total. The van der Waals surface area contributed by atoms with Crippen molar-refractivity contribution in [2.75, 3.05) is 19.8 Å². The van der Waals surface area contributed by atoms with E-state index >= 15 is 0 Å². The van der Waals surface area contributed by atoms with Crippen LogP contribution in [0.1, 0.15) is 55.4 Å². The molecule has 0 aliphatic carbocycles. The summed E-state index contributed by atoms with van der Waals surface area (Å²) < 4.78 is 33.6. The van der Waals surface area contributed by atoms with Crippen molar-refractivity contribution >= 4 is 25.6 Å². The quantitative estimate of drug-likeness (QED) is 0.372. The van der Waals surface area contributed by atoms with Gasteiger partial charge in [-0.05, 0) is 47.5 Å². The van der Waals surface area contributed by atoms with Gasteiger partial charge in [-0.25, -0.2) is 9.59 Å². The van der Waals surface area contributed by atoms with E-state index in [0.717, 1.165) is 0 Å². The van der Waals surface area contributed by atoms with Crippen molar-refractivity contribution in [3.63, 3.8) is 0 Å². The summed E-state index contributed by atoms with van der Waals surface area (Å²) in [6, 6.07) is -1.06. The molecule has 170 valence electrons. The maximum atomic E-state index is 13.1. The van der Waals surface area contributed by atoms with Crippen molar-refractivity contribution in [3.8, 4) is 0 Å². The molecule has 0 bridgehead atoms. The number of amides is 2. The third-order valence-corrected chi connectivity index (χ3v) is 5.55. The second kappa shape index (κ2) is 12.1. The minimum atomic E-state index is -4.06. The Morgan fingerprint density at radius 2 is 1.45 bits per heavy atom. The summed E-state index contributed by atoms with van der Waals surface area (Å²) in [7, 11) is -4.06. The molecule has 0 saturated heterocycles. The Morgan fingerprint density at radius 3 is 1.83 bits per heavy atom. The average molecular weight is 438 g/mol. The molecular weight excluding hydrogens is 403 g/mol. The summed E-state index contributed by atoms with van der Waals surface area (Å²) >= 11 is 0. The van der Waals surface area contributed by atoms with Crippen LogP contribution in [0.2, 0.25) is 0 Å². The molecule has 2 amide bonds. The SMILES string of the molecule is CCOC(=O)C(NC(=O)[C@@H](NC(=O)OC(C)(C)C)C(C)C)P(=O)(OCC)OCC. The Morgan fingerprint density at radius 1 is 0.931 bits per heavy atom. The number of rotatable bonds is 11. The Kier molecular flexibility index (Phi) is 11.5. The molecule has 0 rings (SSSR count). The van der Waals surface area contributed by atoms with E-state index in [1.54, 1.807) is 55.4 Å². The molecule has 1 unspecified atom stereocenters. The molecule has 0 saturated carbocycles. The van der Waals surface area contributed by atoms with E-state index in [9.17, 15) is 18.9 Å². The van der Waals surface area contributed by atoms with Gasteiger partial charge in [-0.1, -0.05) is 13.8 Å². The van der Waals surface area contributed by atoms with Crippen molar-refractivity contribution in [3.05, 3.63) is 0 Å². The van der Waals surface area contributed by atoms with Crippen LogP contribution in [-0.2, 0) is 32.7 Å². The van der Waals surface area contributed by atoms with Crippen LogP contribution in [-0.4, -0.2) is 55.2 Å². The van der Waals surface area contributed by atoms with Crippen LogP contribution in [0.15, 0.2) is 0 Å². The molecule has 0 fully saturated rings. The number of nitrogens with one attached hydrogen (secondary N) is 2. The molecular formula is C18H35N2O8P. The Hall–Kier alpha value is -1.64. The highest BCUT2D eigenvalue weighted by Crippen LogP contribution is 2.52. The number of carbonyl (C=O) groups excluding carboxylic acids is 3. The largest absolute Gasteiger partial charge is 0.464 e.